The van der Waals surface area contributed by atoms with Crippen molar-refractivity contribution in [3.05, 3.63) is 65.3 Å². The van der Waals surface area contributed by atoms with Crippen molar-refractivity contribution in [3.63, 3.8) is 0 Å². The maximum Gasteiger partial charge on any atom is 0.227 e. The third-order valence-corrected chi connectivity index (χ3v) is 8.96. The fraction of sp³-hybridized carbons (Fsp3) is 0.370. The van der Waals surface area contributed by atoms with Crippen molar-refractivity contribution in [2.45, 2.75) is 45.2 Å². The molecule has 2 saturated heterocycles. The SMILES string of the molecule is Cc1noc(C)c1-c1ccc2c(c1)nc([C@@H]1CCC(=O)N1c1ccc(F)c(F)c1)n2[C@H]1CCN(S(C)(=O)=O)C1. The molecule has 0 N–H and O–H groups in total. The monoisotopic (exact) mass is 555 g/mol. The van der Waals surface area contributed by atoms with Crippen LogP contribution in [0, 0.1) is 25.5 Å². The summed E-state index contributed by atoms with van der Waals surface area (Å²) in [5.41, 5.74) is 4.21. The number of hydrogen-bond acceptors (Lipinski definition) is 6. The lowest BCUT2D eigenvalue weighted by molar-refractivity contribution is -0.117. The number of amides is 1. The average Bonchev–Trinajstić information content (AvgIpc) is 3.65. The maximum absolute atomic E-state index is 14.2. The molecule has 0 spiro atoms. The number of sulfonamides is 1. The zero-order chi connectivity index (χ0) is 27.6. The fourth-order valence-corrected chi connectivity index (χ4v) is 6.78. The molecule has 2 atom stereocenters. The van der Waals surface area contributed by atoms with Crippen LogP contribution < -0.4 is 4.90 Å². The first-order valence-electron chi connectivity index (χ1n) is 12.7. The van der Waals surface area contributed by atoms with Gasteiger partial charge in [0.1, 0.15) is 11.6 Å². The Kier molecular flexibility index (Phi) is 6.07. The first kappa shape index (κ1) is 25.6. The summed E-state index contributed by atoms with van der Waals surface area (Å²) >= 11 is 0. The van der Waals surface area contributed by atoms with Gasteiger partial charge in [0, 0.05) is 36.8 Å². The van der Waals surface area contributed by atoms with Crippen LogP contribution in [0.5, 0.6) is 0 Å². The summed E-state index contributed by atoms with van der Waals surface area (Å²) < 4.78 is 61.3. The van der Waals surface area contributed by atoms with Crippen LogP contribution >= 0.6 is 0 Å². The van der Waals surface area contributed by atoms with E-state index in [1.165, 1.54) is 21.5 Å². The van der Waals surface area contributed by atoms with E-state index >= 15 is 0 Å². The lowest BCUT2D eigenvalue weighted by Gasteiger charge is -2.27. The molecule has 0 bridgehead atoms. The molecule has 0 saturated carbocycles. The normalized spacial score (nSPS) is 20.5. The van der Waals surface area contributed by atoms with Gasteiger partial charge in [-0.1, -0.05) is 11.2 Å². The van der Waals surface area contributed by atoms with Gasteiger partial charge in [-0.2, -0.15) is 0 Å². The number of aromatic nitrogens is 3. The molecule has 4 aromatic rings. The van der Waals surface area contributed by atoms with Gasteiger partial charge in [-0.05, 0) is 56.5 Å². The number of carbonyl (C=O) groups is 1. The second-order valence-electron chi connectivity index (χ2n) is 10.2. The molecule has 2 aromatic carbocycles. The number of carbonyl (C=O) groups excluding carboxylic acids is 1. The molecule has 2 fully saturated rings. The second kappa shape index (κ2) is 9.23. The van der Waals surface area contributed by atoms with Gasteiger partial charge in [-0.15, -0.1) is 0 Å². The van der Waals surface area contributed by atoms with Crippen LogP contribution in [-0.4, -0.2) is 52.7 Å². The van der Waals surface area contributed by atoms with Gasteiger partial charge in [-0.25, -0.2) is 26.5 Å². The van der Waals surface area contributed by atoms with E-state index in [0.717, 1.165) is 34.5 Å². The van der Waals surface area contributed by atoms with Crippen molar-refractivity contribution in [1.82, 2.24) is 19.0 Å². The summed E-state index contributed by atoms with van der Waals surface area (Å²) in [6.45, 7) is 4.35. The molecule has 2 aromatic heterocycles. The third-order valence-electron chi connectivity index (χ3n) is 7.69. The first-order valence-corrected chi connectivity index (χ1v) is 14.5. The summed E-state index contributed by atoms with van der Waals surface area (Å²) in [6.07, 6.45) is 2.42. The Morgan fingerprint density at radius 2 is 1.85 bits per heavy atom. The molecule has 6 rings (SSSR count). The van der Waals surface area contributed by atoms with Crippen molar-refractivity contribution in [2.24, 2.45) is 0 Å². The number of imidazole rings is 1. The Balaban J connectivity index is 1.51. The molecule has 0 radical (unpaired) electrons. The number of nitrogens with zero attached hydrogens (tertiary/aromatic N) is 5. The molecule has 2 aliphatic heterocycles. The summed E-state index contributed by atoms with van der Waals surface area (Å²) in [5, 5.41) is 4.05. The average molecular weight is 556 g/mol. The summed E-state index contributed by atoms with van der Waals surface area (Å²) in [4.78, 5) is 19.5. The van der Waals surface area contributed by atoms with E-state index < -0.39 is 27.7 Å². The number of benzene rings is 2. The van der Waals surface area contributed by atoms with Crippen molar-refractivity contribution in [3.8, 4) is 11.1 Å². The molecule has 9 nitrogen and oxygen atoms in total. The zero-order valence-corrected chi connectivity index (χ0v) is 22.5. The van der Waals surface area contributed by atoms with Crippen molar-refractivity contribution < 1.29 is 26.5 Å². The quantitative estimate of drug-likeness (QED) is 0.355. The molecular formula is C27H27F2N5O4S. The minimum atomic E-state index is -3.39. The molecule has 2 aliphatic rings. The number of anilines is 1. The Hall–Kier alpha value is -3.64. The minimum Gasteiger partial charge on any atom is -0.361 e. The third kappa shape index (κ3) is 4.31. The van der Waals surface area contributed by atoms with E-state index in [4.69, 9.17) is 9.51 Å². The number of rotatable bonds is 5. The molecular weight excluding hydrogens is 528 g/mol. The van der Waals surface area contributed by atoms with E-state index in [1.54, 1.807) is 0 Å². The lowest BCUT2D eigenvalue weighted by atomic mass is 10.0. The van der Waals surface area contributed by atoms with Gasteiger partial charge in [0.2, 0.25) is 15.9 Å². The van der Waals surface area contributed by atoms with Crippen LogP contribution in [0.4, 0.5) is 14.5 Å². The van der Waals surface area contributed by atoms with Crippen LogP contribution in [-0.2, 0) is 14.8 Å². The topological polar surface area (TPSA) is 102 Å². The van der Waals surface area contributed by atoms with Gasteiger partial charge in [0.05, 0.1) is 35.1 Å². The van der Waals surface area contributed by atoms with Crippen LogP contribution in [0.25, 0.3) is 22.2 Å². The van der Waals surface area contributed by atoms with Gasteiger partial charge < -0.3 is 14.0 Å². The van der Waals surface area contributed by atoms with E-state index in [-0.39, 0.29) is 30.6 Å². The molecule has 12 heteroatoms. The molecule has 0 aliphatic carbocycles. The van der Waals surface area contributed by atoms with Crippen LogP contribution in [0.3, 0.4) is 0 Å². The highest BCUT2D eigenvalue weighted by Crippen LogP contribution is 2.41. The maximum atomic E-state index is 14.2. The van der Waals surface area contributed by atoms with Crippen LogP contribution in [0.2, 0.25) is 0 Å². The molecule has 204 valence electrons. The van der Waals surface area contributed by atoms with Gasteiger partial charge in [0.15, 0.2) is 11.6 Å². The van der Waals surface area contributed by atoms with Crippen molar-refractivity contribution >= 4 is 32.7 Å². The predicted octanol–water partition coefficient (Wildman–Crippen LogP) is 4.66. The first-order chi connectivity index (χ1) is 18.5. The number of fused-ring (bicyclic) bond motifs is 1. The summed E-state index contributed by atoms with van der Waals surface area (Å²) in [5.74, 6) is -0.991. The largest absolute Gasteiger partial charge is 0.361 e. The number of halogens is 2. The van der Waals surface area contributed by atoms with Crippen LogP contribution in [0.1, 0.15) is 48.6 Å². The number of hydrogen-bond donors (Lipinski definition) is 0. The van der Waals surface area contributed by atoms with Gasteiger partial charge in [0.25, 0.3) is 0 Å². The Bertz CT molecular complexity index is 1710. The number of aryl methyl sites for hydroxylation is 2. The molecule has 0 unspecified atom stereocenters. The van der Waals surface area contributed by atoms with Crippen molar-refractivity contribution in [2.75, 3.05) is 24.2 Å². The standard InChI is InChI=1S/C27H27F2N5O4S/c1-15-26(16(2)38-31-15)17-4-7-23-22(12-17)30-27(34(23)19-10-11-32(14-19)39(3,36)37)24-8-9-25(35)33(24)18-5-6-20(28)21(29)13-18/h4-7,12-13,19,24H,8-11,14H2,1-3H3/t19-,24-/m0/s1. The minimum absolute atomic E-state index is 0.216. The highest BCUT2D eigenvalue weighted by Gasteiger charge is 2.40. The summed E-state index contributed by atoms with van der Waals surface area (Å²) in [6, 6.07) is 8.49. The highest BCUT2D eigenvalue weighted by molar-refractivity contribution is 7.88. The molecule has 4 heterocycles. The van der Waals surface area contributed by atoms with Gasteiger partial charge >= 0.3 is 0 Å². The molecule has 1 amide bonds. The van der Waals surface area contributed by atoms with E-state index in [0.29, 0.717) is 36.5 Å². The van der Waals surface area contributed by atoms with E-state index in [2.05, 4.69) is 5.16 Å². The second-order valence-corrected chi connectivity index (χ2v) is 12.2. The zero-order valence-electron chi connectivity index (χ0n) is 21.7. The predicted molar refractivity (Wildman–Crippen MR) is 141 cm³/mol. The van der Waals surface area contributed by atoms with E-state index in [9.17, 15) is 22.0 Å². The van der Waals surface area contributed by atoms with Crippen LogP contribution in [0.15, 0.2) is 40.9 Å². The lowest BCUT2D eigenvalue weighted by Crippen LogP contribution is -2.31. The smallest absolute Gasteiger partial charge is 0.227 e. The Morgan fingerprint density at radius 3 is 2.51 bits per heavy atom. The summed E-state index contributed by atoms with van der Waals surface area (Å²) in [7, 11) is -3.39. The highest BCUT2D eigenvalue weighted by atomic mass is 32.2. The van der Waals surface area contributed by atoms with E-state index in [1.807, 2.05) is 36.6 Å². The molecule has 39 heavy (non-hydrogen) atoms. The van der Waals surface area contributed by atoms with Gasteiger partial charge in [-0.3, -0.25) is 4.79 Å². The Labute approximate surface area is 224 Å². The van der Waals surface area contributed by atoms with Crippen molar-refractivity contribution in [1.29, 1.82) is 0 Å². The Morgan fingerprint density at radius 1 is 1.05 bits per heavy atom. The fourth-order valence-electron chi connectivity index (χ4n) is 5.90.